The van der Waals surface area contributed by atoms with E-state index < -0.39 is 12.1 Å². The van der Waals surface area contributed by atoms with Gasteiger partial charge < -0.3 is 15.1 Å². The largest absolute Gasteiger partial charge is 0.481 e. The second-order valence-electron chi connectivity index (χ2n) is 7.31. The molecule has 2 atom stereocenters. The third-order valence-corrected chi connectivity index (χ3v) is 5.62. The van der Waals surface area contributed by atoms with Crippen molar-refractivity contribution in [2.45, 2.75) is 76.4 Å². The van der Waals surface area contributed by atoms with Crippen LogP contribution in [0.15, 0.2) is 24.3 Å². The second kappa shape index (κ2) is 11.3. The summed E-state index contributed by atoms with van der Waals surface area (Å²) in [6.07, 6.45) is 6.99. The summed E-state index contributed by atoms with van der Waals surface area (Å²) in [5.41, 5.74) is 0.764. The summed E-state index contributed by atoms with van der Waals surface area (Å²) in [5, 5.41) is 19.6. The molecular formula is C21H30ClNO4. The fourth-order valence-corrected chi connectivity index (χ4v) is 4.02. The molecule has 0 bridgehead atoms. The van der Waals surface area contributed by atoms with Crippen LogP contribution >= 0.6 is 11.6 Å². The molecule has 1 heterocycles. The van der Waals surface area contributed by atoms with E-state index in [1.165, 1.54) is 0 Å². The molecule has 1 aliphatic rings. The number of hydrogen-bond acceptors (Lipinski definition) is 3. The Morgan fingerprint density at radius 1 is 1.19 bits per heavy atom. The molecule has 1 amide bonds. The number of carboxylic acids is 1. The monoisotopic (exact) mass is 395 g/mol. The average molecular weight is 396 g/mol. The van der Waals surface area contributed by atoms with Crippen LogP contribution in [0.2, 0.25) is 5.02 Å². The molecule has 5 nitrogen and oxygen atoms in total. The van der Waals surface area contributed by atoms with Crippen molar-refractivity contribution in [3.8, 4) is 0 Å². The molecule has 0 saturated carbocycles. The maximum absolute atomic E-state index is 12.1. The molecule has 1 aromatic rings. The molecule has 6 heteroatoms. The van der Waals surface area contributed by atoms with Gasteiger partial charge in [0.15, 0.2) is 0 Å². The van der Waals surface area contributed by atoms with E-state index in [0.29, 0.717) is 24.3 Å². The highest BCUT2D eigenvalue weighted by Crippen LogP contribution is 2.29. The molecule has 1 aliphatic heterocycles. The Hall–Kier alpha value is -1.59. The molecule has 150 valence electrons. The van der Waals surface area contributed by atoms with E-state index in [-0.39, 0.29) is 18.4 Å². The van der Waals surface area contributed by atoms with Gasteiger partial charge in [0, 0.05) is 30.5 Å². The zero-order valence-electron chi connectivity index (χ0n) is 15.8. The van der Waals surface area contributed by atoms with Crippen LogP contribution in [0, 0.1) is 0 Å². The van der Waals surface area contributed by atoms with Crippen LogP contribution in [0.1, 0.15) is 75.9 Å². The zero-order chi connectivity index (χ0) is 19.6. The number of carbonyl (C=O) groups is 2. The quantitative estimate of drug-likeness (QED) is 0.508. The fourth-order valence-electron chi connectivity index (χ4n) is 3.76. The van der Waals surface area contributed by atoms with E-state index in [4.69, 9.17) is 16.7 Å². The standard InChI is InChI=1S/C21H30ClNO4/c22-18-10-5-4-9-17(18)19(24)11-7-8-16-13-14-20(25)23(16)15-6-2-1-3-12-21(26)27/h4-5,9-10,16,19,24H,1-3,6-8,11-15H2,(H,26,27)/t16-,19?/m0/s1. The highest BCUT2D eigenvalue weighted by atomic mass is 35.5. The lowest BCUT2D eigenvalue weighted by molar-refractivity contribution is -0.137. The Bertz CT molecular complexity index is 622. The number of benzene rings is 1. The predicted octanol–water partition coefficient (Wildman–Crippen LogP) is 4.57. The summed E-state index contributed by atoms with van der Waals surface area (Å²) in [7, 11) is 0. The number of aliphatic carboxylic acids is 1. The van der Waals surface area contributed by atoms with Crippen molar-refractivity contribution in [1.82, 2.24) is 4.90 Å². The molecule has 1 unspecified atom stereocenters. The summed E-state index contributed by atoms with van der Waals surface area (Å²) in [6.45, 7) is 0.754. The molecule has 2 N–H and O–H groups in total. The van der Waals surface area contributed by atoms with Crippen molar-refractivity contribution >= 4 is 23.5 Å². The first kappa shape index (κ1) is 21.7. The van der Waals surface area contributed by atoms with E-state index in [1.807, 2.05) is 23.1 Å². The third-order valence-electron chi connectivity index (χ3n) is 5.27. The Kier molecular flexibility index (Phi) is 9.08. The van der Waals surface area contributed by atoms with Gasteiger partial charge in [0.1, 0.15) is 0 Å². The van der Waals surface area contributed by atoms with E-state index in [9.17, 15) is 14.7 Å². The predicted molar refractivity (Wildman–Crippen MR) is 106 cm³/mol. The van der Waals surface area contributed by atoms with Gasteiger partial charge in [-0.05, 0) is 50.2 Å². The summed E-state index contributed by atoms with van der Waals surface area (Å²) in [5.74, 6) is -0.527. The second-order valence-corrected chi connectivity index (χ2v) is 7.71. The minimum absolute atomic E-state index is 0.220. The van der Waals surface area contributed by atoms with Crippen LogP contribution in [-0.2, 0) is 9.59 Å². The van der Waals surface area contributed by atoms with Crippen molar-refractivity contribution in [3.63, 3.8) is 0 Å². The van der Waals surface area contributed by atoms with Gasteiger partial charge >= 0.3 is 5.97 Å². The number of amides is 1. The molecule has 0 aromatic heterocycles. The number of likely N-dealkylation sites (tertiary alicyclic amines) is 1. The van der Waals surface area contributed by atoms with Gasteiger partial charge in [-0.15, -0.1) is 0 Å². The van der Waals surface area contributed by atoms with Gasteiger partial charge in [0.2, 0.25) is 5.91 Å². The summed E-state index contributed by atoms with van der Waals surface area (Å²) in [4.78, 5) is 24.6. The maximum atomic E-state index is 12.1. The van der Waals surface area contributed by atoms with Crippen molar-refractivity contribution < 1.29 is 19.8 Å². The van der Waals surface area contributed by atoms with Gasteiger partial charge in [-0.1, -0.05) is 42.6 Å². The Labute approximate surface area is 166 Å². The van der Waals surface area contributed by atoms with Gasteiger partial charge in [-0.3, -0.25) is 9.59 Å². The average Bonchev–Trinajstić information content (AvgIpc) is 2.98. The van der Waals surface area contributed by atoms with Crippen LogP contribution in [0.25, 0.3) is 0 Å². The third kappa shape index (κ3) is 7.15. The number of nitrogens with zero attached hydrogens (tertiary/aromatic N) is 1. The molecule has 0 spiro atoms. The van der Waals surface area contributed by atoms with Gasteiger partial charge in [0.25, 0.3) is 0 Å². The van der Waals surface area contributed by atoms with Crippen LogP contribution < -0.4 is 0 Å². The molecule has 1 fully saturated rings. The molecule has 1 aromatic carbocycles. The van der Waals surface area contributed by atoms with Gasteiger partial charge in [-0.2, -0.15) is 0 Å². The van der Waals surface area contributed by atoms with Crippen molar-refractivity contribution in [1.29, 1.82) is 0 Å². The van der Waals surface area contributed by atoms with Crippen LogP contribution in [0.3, 0.4) is 0 Å². The van der Waals surface area contributed by atoms with Crippen molar-refractivity contribution in [2.75, 3.05) is 6.54 Å². The smallest absolute Gasteiger partial charge is 0.303 e. The lowest BCUT2D eigenvalue weighted by Crippen LogP contribution is -2.33. The number of aliphatic hydroxyl groups is 1. The lowest BCUT2D eigenvalue weighted by Gasteiger charge is -2.25. The Morgan fingerprint density at radius 2 is 1.93 bits per heavy atom. The highest BCUT2D eigenvalue weighted by Gasteiger charge is 2.30. The molecule has 1 saturated heterocycles. The Morgan fingerprint density at radius 3 is 2.67 bits per heavy atom. The first-order valence-electron chi connectivity index (χ1n) is 9.92. The Balaban J connectivity index is 1.69. The normalized spacial score (nSPS) is 18.1. The van der Waals surface area contributed by atoms with Crippen molar-refractivity contribution in [2.24, 2.45) is 0 Å². The number of hydrogen-bond donors (Lipinski definition) is 2. The molecule has 2 rings (SSSR count). The number of carbonyl (C=O) groups excluding carboxylic acids is 1. The lowest BCUT2D eigenvalue weighted by atomic mass is 10.0. The number of aliphatic hydroxyl groups excluding tert-OH is 1. The summed E-state index contributed by atoms with van der Waals surface area (Å²) in [6, 6.07) is 7.62. The highest BCUT2D eigenvalue weighted by molar-refractivity contribution is 6.31. The number of rotatable bonds is 12. The van der Waals surface area contributed by atoms with Gasteiger partial charge in [-0.25, -0.2) is 0 Å². The summed E-state index contributed by atoms with van der Waals surface area (Å²) < 4.78 is 0. The number of carboxylic acid groups (broad SMARTS) is 1. The topological polar surface area (TPSA) is 77.8 Å². The van der Waals surface area contributed by atoms with Crippen LogP contribution in [0.5, 0.6) is 0 Å². The molecule has 27 heavy (non-hydrogen) atoms. The minimum atomic E-state index is -0.747. The zero-order valence-corrected chi connectivity index (χ0v) is 16.5. The van der Waals surface area contributed by atoms with Crippen LogP contribution in [-0.4, -0.2) is 39.6 Å². The minimum Gasteiger partial charge on any atom is -0.481 e. The van der Waals surface area contributed by atoms with Gasteiger partial charge in [0.05, 0.1) is 6.10 Å². The van der Waals surface area contributed by atoms with E-state index >= 15 is 0 Å². The van der Waals surface area contributed by atoms with Crippen LogP contribution in [0.4, 0.5) is 0 Å². The van der Waals surface area contributed by atoms with Crippen molar-refractivity contribution in [3.05, 3.63) is 34.9 Å². The fraction of sp³-hybridized carbons (Fsp3) is 0.619. The molecule has 0 aliphatic carbocycles. The maximum Gasteiger partial charge on any atom is 0.303 e. The number of unbranched alkanes of at least 4 members (excludes halogenated alkanes) is 3. The first-order chi connectivity index (χ1) is 13.0. The van der Waals surface area contributed by atoms with E-state index in [0.717, 1.165) is 50.6 Å². The SMILES string of the molecule is O=C(O)CCCCCCN1C(=O)CC[C@@H]1CCCC(O)c1ccccc1Cl. The summed E-state index contributed by atoms with van der Waals surface area (Å²) >= 11 is 6.13. The first-order valence-corrected chi connectivity index (χ1v) is 10.3. The van der Waals surface area contributed by atoms with E-state index in [1.54, 1.807) is 6.07 Å². The molecular weight excluding hydrogens is 366 g/mol. The van der Waals surface area contributed by atoms with E-state index in [2.05, 4.69) is 0 Å². The molecule has 0 radical (unpaired) electrons. The number of halogens is 1.